The smallest absolute Gasteiger partial charge is 0.383 e. The van der Waals surface area contributed by atoms with Gasteiger partial charge in [-0.2, -0.15) is 4.68 Å². The molecule has 0 saturated heterocycles. The molecule has 2 aromatic rings. The Kier molecular flexibility index (Phi) is 1.60. The third kappa shape index (κ3) is 1.15. The number of anilines is 1. The van der Waals surface area contributed by atoms with Crippen molar-refractivity contribution in [3.63, 3.8) is 0 Å². The van der Waals surface area contributed by atoms with Crippen LogP contribution in [-0.4, -0.2) is 19.7 Å². The highest BCUT2D eigenvalue weighted by molar-refractivity contribution is 5.85. The topological polar surface area (TPSA) is 69.6 Å². The number of hydrogen-bond donors (Lipinski definition) is 1. The zero-order valence-electron chi connectivity index (χ0n) is 6.65. The number of alkyl halides is 3. The van der Waals surface area contributed by atoms with Crippen LogP contribution in [0, 0.1) is 0 Å². The van der Waals surface area contributed by atoms with Crippen LogP contribution < -0.4 is 5.73 Å². The third-order valence-electron chi connectivity index (χ3n) is 1.63. The van der Waals surface area contributed by atoms with Crippen molar-refractivity contribution in [3.05, 3.63) is 12.5 Å². The van der Waals surface area contributed by atoms with E-state index in [0.29, 0.717) is 0 Å². The van der Waals surface area contributed by atoms with E-state index in [1.165, 1.54) is 6.20 Å². The summed E-state index contributed by atoms with van der Waals surface area (Å²) in [5.74, 6) is -0.506. The predicted molar refractivity (Wildman–Crippen MR) is 41.0 cm³/mol. The van der Waals surface area contributed by atoms with Crippen molar-refractivity contribution >= 4 is 16.9 Å². The molecule has 0 aliphatic rings. The number of nitrogens with zero attached hydrogens (tertiary/aromatic N) is 4. The fraction of sp³-hybridized carbons (Fsp3) is 0.167. The first-order valence-corrected chi connectivity index (χ1v) is 3.51. The molecule has 0 atom stereocenters. The van der Waals surface area contributed by atoms with Crippen LogP contribution in [-0.2, 0) is 6.30 Å². The summed E-state index contributed by atoms with van der Waals surface area (Å²) in [6.07, 6.45) is -2.34. The SMILES string of the molecule is Nc1c2cncnc2nn1C(F)(F)F. The Morgan fingerprint density at radius 3 is 2.64 bits per heavy atom. The number of halogens is 3. The lowest BCUT2D eigenvalue weighted by atomic mass is 10.4. The zero-order chi connectivity index (χ0) is 10.3. The number of fused-ring (bicyclic) bond motifs is 1. The Labute approximate surface area is 75.4 Å². The Bertz CT molecular complexity index is 474. The lowest BCUT2D eigenvalue weighted by Gasteiger charge is -2.06. The Morgan fingerprint density at radius 1 is 1.36 bits per heavy atom. The standard InChI is InChI=1S/C6H4F3N5/c7-6(8,9)14-4(10)3-1-11-2-12-5(3)13-14/h1-2H,10H2. The zero-order valence-corrected chi connectivity index (χ0v) is 6.65. The van der Waals surface area contributed by atoms with E-state index in [1.807, 2.05) is 0 Å². The molecule has 0 aromatic carbocycles. The molecule has 2 heterocycles. The molecule has 2 rings (SSSR count). The minimum absolute atomic E-state index is 0.0742. The summed E-state index contributed by atoms with van der Waals surface area (Å²) in [4.78, 5) is 7.11. The average Bonchev–Trinajstić information content (AvgIpc) is 2.44. The number of hydrogen-bond acceptors (Lipinski definition) is 4. The maximum Gasteiger partial charge on any atom is 0.506 e. The second-order valence-electron chi connectivity index (χ2n) is 2.52. The van der Waals surface area contributed by atoms with E-state index >= 15 is 0 Å². The van der Waals surface area contributed by atoms with Crippen molar-refractivity contribution in [2.75, 3.05) is 5.73 Å². The lowest BCUT2D eigenvalue weighted by molar-refractivity contribution is -0.210. The van der Waals surface area contributed by atoms with Gasteiger partial charge in [0.05, 0.1) is 5.39 Å². The summed E-state index contributed by atoms with van der Waals surface area (Å²) < 4.78 is 36.5. The second-order valence-corrected chi connectivity index (χ2v) is 2.52. The Hall–Kier alpha value is -1.86. The summed E-state index contributed by atoms with van der Waals surface area (Å²) in [5.41, 5.74) is 5.15. The van der Waals surface area contributed by atoms with E-state index in [0.717, 1.165) is 6.33 Å². The molecule has 0 saturated carbocycles. The number of nitrogen functional groups attached to an aromatic ring is 1. The molecule has 5 nitrogen and oxygen atoms in total. The highest BCUT2D eigenvalue weighted by atomic mass is 19.4. The molecule has 0 radical (unpaired) electrons. The van der Waals surface area contributed by atoms with Crippen LogP contribution in [0.4, 0.5) is 19.0 Å². The maximum atomic E-state index is 12.3. The molecule has 0 spiro atoms. The molecule has 8 heteroatoms. The number of aromatic nitrogens is 4. The van der Waals surface area contributed by atoms with Crippen LogP contribution in [0.25, 0.3) is 11.0 Å². The van der Waals surface area contributed by atoms with Crippen LogP contribution in [0.2, 0.25) is 0 Å². The fourth-order valence-corrected chi connectivity index (χ4v) is 1.04. The van der Waals surface area contributed by atoms with Crippen LogP contribution in [0.3, 0.4) is 0 Å². The van der Waals surface area contributed by atoms with Gasteiger partial charge in [-0.05, 0) is 0 Å². The summed E-state index contributed by atoms with van der Waals surface area (Å²) in [6, 6.07) is 0. The third-order valence-corrected chi connectivity index (χ3v) is 1.63. The van der Waals surface area contributed by atoms with E-state index in [1.54, 1.807) is 0 Å². The van der Waals surface area contributed by atoms with Gasteiger partial charge in [0, 0.05) is 6.20 Å². The lowest BCUT2D eigenvalue weighted by Crippen LogP contribution is -2.20. The van der Waals surface area contributed by atoms with Gasteiger partial charge in [-0.15, -0.1) is 18.3 Å². The summed E-state index contributed by atoms with van der Waals surface area (Å²) >= 11 is 0. The second kappa shape index (κ2) is 2.56. The van der Waals surface area contributed by atoms with Gasteiger partial charge in [0.15, 0.2) is 5.65 Å². The van der Waals surface area contributed by atoms with Gasteiger partial charge >= 0.3 is 6.30 Å². The van der Waals surface area contributed by atoms with E-state index in [9.17, 15) is 13.2 Å². The maximum absolute atomic E-state index is 12.3. The highest BCUT2D eigenvalue weighted by Gasteiger charge is 2.35. The van der Waals surface area contributed by atoms with Crippen molar-refractivity contribution in [2.24, 2.45) is 0 Å². The van der Waals surface area contributed by atoms with Crippen LogP contribution in [0.15, 0.2) is 12.5 Å². The molecule has 0 aliphatic heterocycles. The molecule has 2 N–H and O–H groups in total. The van der Waals surface area contributed by atoms with Gasteiger partial charge in [-0.1, -0.05) is 0 Å². The van der Waals surface area contributed by atoms with Crippen LogP contribution >= 0.6 is 0 Å². The first kappa shape index (κ1) is 8.73. The van der Waals surface area contributed by atoms with E-state index in [4.69, 9.17) is 5.73 Å². The monoisotopic (exact) mass is 203 g/mol. The van der Waals surface area contributed by atoms with Crippen molar-refractivity contribution in [1.29, 1.82) is 0 Å². The molecule has 0 bridgehead atoms. The van der Waals surface area contributed by atoms with Crippen molar-refractivity contribution in [1.82, 2.24) is 19.7 Å². The first-order valence-electron chi connectivity index (χ1n) is 3.51. The van der Waals surface area contributed by atoms with E-state index in [-0.39, 0.29) is 15.7 Å². The Morgan fingerprint density at radius 2 is 2.07 bits per heavy atom. The molecular weight excluding hydrogens is 199 g/mol. The van der Waals surface area contributed by atoms with Gasteiger partial charge in [0.1, 0.15) is 12.1 Å². The molecule has 0 unspecified atom stereocenters. The molecule has 74 valence electrons. The molecule has 2 aromatic heterocycles. The number of rotatable bonds is 0. The molecule has 0 aliphatic carbocycles. The molecular formula is C6H4F3N5. The van der Waals surface area contributed by atoms with Crippen molar-refractivity contribution < 1.29 is 13.2 Å². The summed E-state index contributed by atoms with van der Waals surface area (Å²) in [7, 11) is 0. The fourth-order valence-electron chi connectivity index (χ4n) is 1.04. The van der Waals surface area contributed by atoms with Gasteiger partial charge in [0.25, 0.3) is 0 Å². The van der Waals surface area contributed by atoms with E-state index < -0.39 is 12.1 Å². The van der Waals surface area contributed by atoms with Gasteiger partial charge in [0.2, 0.25) is 0 Å². The van der Waals surface area contributed by atoms with Crippen molar-refractivity contribution in [2.45, 2.75) is 6.30 Å². The predicted octanol–water partition coefficient (Wildman–Crippen LogP) is 0.885. The average molecular weight is 203 g/mol. The minimum atomic E-state index is -4.63. The summed E-state index contributed by atoms with van der Waals surface area (Å²) in [5, 5.41) is 3.29. The highest BCUT2D eigenvalue weighted by Crippen LogP contribution is 2.28. The molecule has 14 heavy (non-hydrogen) atoms. The summed E-state index contributed by atoms with van der Waals surface area (Å²) in [6.45, 7) is 0. The quantitative estimate of drug-likeness (QED) is 0.690. The van der Waals surface area contributed by atoms with Gasteiger partial charge in [-0.3, -0.25) is 0 Å². The molecule has 0 fully saturated rings. The number of nitrogens with two attached hydrogens (primary N) is 1. The normalized spacial score (nSPS) is 12.2. The van der Waals surface area contributed by atoms with Crippen LogP contribution in [0.5, 0.6) is 0 Å². The van der Waals surface area contributed by atoms with Crippen molar-refractivity contribution in [3.8, 4) is 0 Å². The van der Waals surface area contributed by atoms with E-state index in [2.05, 4.69) is 15.1 Å². The Balaban J connectivity index is 2.75. The van der Waals surface area contributed by atoms with Gasteiger partial charge < -0.3 is 5.73 Å². The minimum Gasteiger partial charge on any atom is -0.383 e. The largest absolute Gasteiger partial charge is 0.506 e. The van der Waals surface area contributed by atoms with Crippen LogP contribution in [0.1, 0.15) is 0 Å². The van der Waals surface area contributed by atoms with Gasteiger partial charge in [-0.25, -0.2) is 9.97 Å². The molecule has 0 amide bonds. The first-order chi connectivity index (χ1) is 6.50.